The molecule has 0 aliphatic heterocycles. The van der Waals surface area contributed by atoms with Gasteiger partial charge in [0.2, 0.25) is 0 Å². The molecule has 19 heavy (non-hydrogen) atoms. The highest BCUT2D eigenvalue weighted by Crippen LogP contribution is 2.17. The first-order valence-electron chi connectivity index (χ1n) is 5.45. The molecule has 1 aromatic carbocycles. The normalized spacial score (nSPS) is 11.3. The van der Waals surface area contributed by atoms with E-state index in [2.05, 4.69) is 14.7 Å². The molecule has 5 nitrogen and oxygen atoms in total. The highest BCUT2D eigenvalue weighted by Gasteiger charge is 2.15. The molecule has 1 aromatic heterocycles. The maximum Gasteiger partial charge on any atom is 0.263 e. The van der Waals surface area contributed by atoms with Crippen molar-refractivity contribution in [2.75, 3.05) is 4.72 Å². The number of rotatable bonds is 3. The fourth-order valence-corrected chi connectivity index (χ4v) is 2.93. The molecule has 100 valence electrons. The maximum atomic E-state index is 12.2. The van der Waals surface area contributed by atoms with Crippen LogP contribution < -0.4 is 4.72 Å². The Hall–Kier alpha value is -1.66. The van der Waals surface area contributed by atoms with Crippen LogP contribution in [0.15, 0.2) is 35.5 Å². The van der Waals surface area contributed by atoms with Gasteiger partial charge in [-0.25, -0.2) is 18.4 Å². The van der Waals surface area contributed by atoms with E-state index in [-0.39, 0.29) is 15.9 Å². The Kier molecular flexibility index (Phi) is 3.73. The molecule has 2 aromatic rings. The van der Waals surface area contributed by atoms with E-state index in [1.54, 1.807) is 12.1 Å². The fourth-order valence-electron chi connectivity index (χ4n) is 1.65. The first-order chi connectivity index (χ1) is 8.87. The molecule has 0 spiro atoms. The van der Waals surface area contributed by atoms with Crippen LogP contribution in [0, 0.1) is 13.8 Å². The Labute approximate surface area is 116 Å². The summed E-state index contributed by atoms with van der Waals surface area (Å²) in [5.41, 5.74) is 1.75. The van der Waals surface area contributed by atoms with Gasteiger partial charge < -0.3 is 0 Å². The molecule has 2 rings (SSSR count). The van der Waals surface area contributed by atoms with Crippen molar-refractivity contribution in [3.8, 4) is 0 Å². The molecular formula is C12H12ClN3O2S. The first-order valence-corrected chi connectivity index (χ1v) is 7.31. The van der Waals surface area contributed by atoms with Gasteiger partial charge in [-0.3, -0.25) is 4.72 Å². The van der Waals surface area contributed by atoms with E-state index in [1.807, 2.05) is 19.9 Å². The summed E-state index contributed by atoms with van der Waals surface area (Å²) in [6.07, 6.45) is 2.55. The summed E-state index contributed by atoms with van der Waals surface area (Å²) in [5.74, 6) is 0.128. The molecule has 0 radical (unpaired) electrons. The third-order valence-electron chi connectivity index (χ3n) is 2.36. The lowest BCUT2D eigenvalue weighted by atomic mass is 10.2. The van der Waals surface area contributed by atoms with Gasteiger partial charge in [0.1, 0.15) is 5.15 Å². The molecule has 0 fully saturated rings. The largest absolute Gasteiger partial charge is 0.263 e. The van der Waals surface area contributed by atoms with E-state index >= 15 is 0 Å². The van der Waals surface area contributed by atoms with E-state index in [4.69, 9.17) is 11.6 Å². The Morgan fingerprint density at radius 1 is 1.05 bits per heavy atom. The zero-order chi connectivity index (χ0) is 14.0. The summed E-state index contributed by atoms with van der Waals surface area (Å²) >= 11 is 5.59. The number of nitrogens with one attached hydrogen (secondary N) is 1. The van der Waals surface area contributed by atoms with Gasteiger partial charge in [-0.05, 0) is 37.1 Å². The zero-order valence-corrected chi connectivity index (χ0v) is 12.0. The van der Waals surface area contributed by atoms with Gasteiger partial charge in [0.15, 0.2) is 5.82 Å². The molecule has 0 amide bonds. The summed E-state index contributed by atoms with van der Waals surface area (Å²) in [5, 5.41) is 0.203. The Morgan fingerprint density at radius 3 is 2.21 bits per heavy atom. The van der Waals surface area contributed by atoms with Gasteiger partial charge in [0.25, 0.3) is 10.0 Å². The number of aromatic nitrogens is 2. The van der Waals surface area contributed by atoms with Crippen LogP contribution in [0.25, 0.3) is 0 Å². The number of anilines is 1. The van der Waals surface area contributed by atoms with Crippen LogP contribution in [-0.4, -0.2) is 18.4 Å². The average Bonchev–Trinajstić information content (AvgIpc) is 2.31. The minimum absolute atomic E-state index is 0.128. The molecule has 0 aliphatic carbocycles. The number of hydrogen-bond acceptors (Lipinski definition) is 4. The van der Waals surface area contributed by atoms with Gasteiger partial charge in [-0.15, -0.1) is 0 Å². The van der Waals surface area contributed by atoms with Gasteiger partial charge in [-0.2, -0.15) is 0 Å². The number of nitrogens with zero attached hydrogens (tertiary/aromatic N) is 2. The molecule has 1 N–H and O–H groups in total. The van der Waals surface area contributed by atoms with Crippen molar-refractivity contribution in [2.45, 2.75) is 18.7 Å². The van der Waals surface area contributed by atoms with E-state index in [0.717, 1.165) is 11.1 Å². The van der Waals surface area contributed by atoms with Crippen molar-refractivity contribution in [2.24, 2.45) is 0 Å². The second-order valence-corrected chi connectivity index (χ2v) is 6.22. The quantitative estimate of drug-likeness (QED) is 0.945. The molecule has 0 unspecified atom stereocenters. The maximum absolute atomic E-state index is 12.2. The van der Waals surface area contributed by atoms with Crippen molar-refractivity contribution in [3.05, 3.63) is 46.9 Å². The number of halogens is 1. The molecule has 7 heteroatoms. The summed E-state index contributed by atoms with van der Waals surface area (Å²) in [4.78, 5) is 7.81. The minimum Gasteiger partial charge on any atom is -0.262 e. The van der Waals surface area contributed by atoms with Crippen LogP contribution in [0.2, 0.25) is 5.15 Å². The molecule has 0 atom stereocenters. The Balaban J connectivity index is 2.34. The van der Waals surface area contributed by atoms with E-state index in [9.17, 15) is 8.42 Å². The number of hydrogen-bond donors (Lipinski definition) is 1. The summed E-state index contributed by atoms with van der Waals surface area (Å²) in [7, 11) is -3.67. The van der Waals surface area contributed by atoms with Crippen molar-refractivity contribution in [3.63, 3.8) is 0 Å². The van der Waals surface area contributed by atoms with Crippen LogP contribution in [0.4, 0.5) is 5.82 Å². The SMILES string of the molecule is Cc1cc(C)cc(S(=O)(=O)Nc2cnc(Cl)cn2)c1. The highest BCUT2D eigenvalue weighted by atomic mass is 35.5. The third-order valence-corrected chi connectivity index (χ3v) is 3.89. The van der Waals surface area contributed by atoms with E-state index in [1.165, 1.54) is 12.4 Å². The van der Waals surface area contributed by atoms with E-state index < -0.39 is 10.0 Å². The highest BCUT2D eigenvalue weighted by molar-refractivity contribution is 7.92. The fraction of sp³-hybridized carbons (Fsp3) is 0.167. The second-order valence-electron chi connectivity index (χ2n) is 4.15. The van der Waals surface area contributed by atoms with Crippen molar-refractivity contribution < 1.29 is 8.42 Å². The van der Waals surface area contributed by atoms with Crippen molar-refractivity contribution in [1.29, 1.82) is 0 Å². The summed E-state index contributed by atoms with van der Waals surface area (Å²) in [6, 6.07) is 5.10. The van der Waals surface area contributed by atoms with Gasteiger partial charge in [-0.1, -0.05) is 17.7 Å². The molecule has 0 bridgehead atoms. The average molecular weight is 298 g/mol. The van der Waals surface area contributed by atoms with Crippen LogP contribution in [0.1, 0.15) is 11.1 Å². The molecule has 0 saturated carbocycles. The van der Waals surface area contributed by atoms with Gasteiger partial charge >= 0.3 is 0 Å². The lowest BCUT2D eigenvalue weighted by Crippen LogP contribution is -2.14. The Morgan fingerprint density at radius 2 is 1.68 bits per heavy atom. The minimum atomic E-state index is -3.67. The third kappa shape index (κ3) is 3.42. The lowest BCUT2D eigenvalue weighted by molar-refractivity contribution is 0.601. The second kappa shape index (κ2) is 5.14. The summed E-state index contributed by atoms with van der Waals surface area (Å²) < 4.78 is 26.7. The van der Waals surface area contributed by atoms with E-state index in [0.29, 0.717) is 0 Å². The zero-order valence-electron chi connectivity index (χ0n) is 10.4. The molecule has 0 aliphatic rings. The number of aryl methyl sites for hydroxylation is 2. The van der Waals surface area contributed by atoms with Gasteiger partial charge in [0, 0.05) is 0 Å². The van der Waals surface area contributed by atoms with Crippen molar-refractivity contribution in [1.82, 2.24) is 9.97 Å². The van der Waals surface area contributed by atoms with Gasteiger partial charge in [0.05, 0.1) is 17.3 Å². The summed E-state index contributed by atoms with van der Waals surface area (Å²) in [6.45, 7) is 3.68. The van der Waals surface area contributed by atoms with Crippen LogP contribution in [-0.2, 0) is 10.0 Å². The van der Waals surface area contributed by atoms with Crippen molar-refractivity contribution >= 4 is 27.4 Å². The number of sulfonamides is 1. The van der Waals surface area contributed by atoms with Crippen LogP contribution in [0.3, 0.4) is 0 Å². The molecule has 0 saturated heterocycles. The lowest BCUT2D eigenvalue weighted by Gasteiger charge is -2.08. The Bertz CT molecular complexity index is 679. The standard InChI is InChI=1S/C12H12ClN3O2S/c1-8-3-9(2)5-10(4-8)19(17,18)16-12-7-14-11(13)6-15-12/h3-7H,1-2H3,(H,15,16). The predicted octanol–water partition coefficient (Wildman–Crippen LogP) is 2.55. The monoisotopic (exact) mass is 297 g/mol. The molecule has 1 heterocycles. The number of benzene rings is 1. The van der Waals surface area contributed by atoms with Crippen LogP contribution >= 0.6 is 11.6 Å². The first kappa shape index (κ1) is 13.8. The molecular weight excluding hydrogens is 286 g/mol. The van der Waals surface area contributed by atoms with Crippen LogP contribution in [0.5, 0.6) is 0 Å². The topological polar surface area (TPSA) is 72.0 Å². The smallest absolute Gasteiger partial charge is 0.262 e. The predicted molar refractivity (Wildman–Crippen MR) is 73.8 cm³/mol.